The minimum Gasteiger partial charge on any atom is -0.383 e. The number of benzene rings is 4. The van der Waals surface area contributed by atoms with E-state index in [0.29, 0.717) is 35.1 Å². The van der Waals surface area contributed by atoms with Crippen LogP contribution in [0.2, 0.25) is 5.02 Å². The number of rotatable bonds is 10. The van der Waals surface area contributed by atoms with Crippen molar-refractivity contribution in [3.63, 3.8) is 0 Å². The van der Waals surface area contributed by atoms with Crippen molar-refractivity contribution in [3.05, 3.63) is 95.0 Å². The molecule has 0 saturated carbocycles. The molecule has 0 saturated heterocycles. The van der Waals surface area contributed by atoms with Crippen LogP contribution >= 0.6 is 11.6 Å². The van der Waals surface area contributed by atoms with Crippen LogP contribution in [0.3, 0.4) is 0 Å². The lowest BCUT2D eigenvalue weighted by molar-refractivity contribution is 0.0997. The van der Waals surface area contributed by atoms with Gasteiger partial charge >= 0.3 is 0 Å². The molecule has 2 N–H and O–H groups in total. The number of para-hydroxylation sites is 1. The Morgan fingerprint density at radius 3 is 2.40 bits per heavy atom. The molecule has 220 valence electrons. The zero-order valence-corrected chi connectivity index (χ0v) is 25.5. The Balaban J connectivity index is 1.56. The quantitative estimate of drug-likeness (QED) is 0.196. The molecule has 43 heavy (non-hydrogen) atoms. The largest absolute Gasteiger partial charge is 0.383 e. The summed E-state index contributed by atoms with van der Waals surface area (Å²) in [5.41, 5.74) is 10.2. The molecule has 2 heterocycles. The molecular weight excluding hydrogens is 584 g/mol. The molecule has 0 aliphatic carbocycles. The van der Waals surface area contributed by atoms with E-state index < -0.39 is 15.7 Å². The Morgan fingerprint density at radius 2 is 1.65 bits per heavy atom. The lowest BCUT2D eigenvalue weighted by Crippen LogP contribution is -2.19. The Hall–Kier alpha value is -4.18. The second-order valence-corrected chi connectivity index (χ2v) is 12.9. The van der Waals surface area contributed by atoms with Gasteiger partial charge in [-0.25, -0.2) is 13.4 Å². The lowest BCUT2D eigenvalue weighted by Gasteiger charge is -2.12. The molecule has 0 aliphatic heterocycles. The number of carbonyl (C=O) groups is 1. The minimum atomic E-state index is -4.02. The number of hydrogen-bond donors (Lipinski definition) is 1. The van der Waals surface area contributed by atoms with Crippen LogP contribution in [0.5, 0.6) is 0 Å². The first-order valence-electron chi connectivity index (χ1n) is 14.0. The van der Waals surface area contributed by atoms with Crippen molar-refractivity contribution < 1.29 is 17.9 Å². The van der Waals surface area contributed by atoms with E-state index in [-0.39, 0.29) is 28.1 Å². The van der Waals surface area contributed by atoms with Crippen molar-refractivity contribution in [2.24, 2.45) is 5.73 Å². The first kappa shape index (κ1) is 28.9. The molecule has 0 aliphatic rings. The summed E-state index contributed by atoms with van der Waals surface area (Å²) in [6.45, 7) is 3.74. The van der Waals surface area contributed by atoms with Crippen molar-refractivity contribution in [2.45, 2.75) is 31.3 Å². The monoisotopic (exact) mass is 614 g/mol. The van der Waals surface area contributed by atoms with E-state index >= 15 is 0 Å². The number of carbonyl (C=O) groups excluding carboxylic acids is 1. The summed E-state index contributed by atoms with van der Waals surface area (Å²) in [6, 6.07) is 24.7. The van der Waals surface area contributed by atoms with Gasteiger partial charge in [0.2, 0.25) is 5.91 Å². The lowest BCUT2D eigenvalue weighted by atomic mass is 10.1. The van der Waals surface area contributed by atoms with Crippen LogP contribution in [0.1, 0.15) is 22.8 Å². The van der Waals surface area contributed by atoms with Crippen LogP contribution in [0.25, 0.3) is 44.2 Å². The molecule has 6 aromatic rings. The second-order valence-electron chi connectivity index (χ2n) is 10.4. The number of aryl methyl sites for hydroxylation is 2. The fourth-order valence-corrected chi connectivity index (χ4v) is 7.76. The maximum absolute atomic E-state index is 14.0. The first-order valence-corrected chi connectivity index (χ1v) is 16.1. The first-order chi connectivity index (χ1) is 20.7. The van der Waals surface area contributed by atoms with Gasteiger partial charge in [-0.15, -0.1) is 0 Å². The average molecular weight is 615 g/mol. The van der Waals surface area contributed by atoms with Crippen molar-refractivity contribution in [2.75, 3.05) is 19.5 Å². The minimum absolute atomic E-state index is 0.0870. The van der Waals surface area contributed by atoms with Gasteiger partial charge in [0.25, 0.3) is 0 Å². The van der Waals surface area contributed by atoms with Crippen molar-refractivity contribution in [1.29, 1.82) is 0 Å². The number of nitrogens with two attached hydrogens (primary N) is 1. The molecule has 0 atom stereocenters. The van der Waals surface area contributed by atoms with Gasteiger partial charge in [0.05, 0.1) is 23.4 Å². The third kappa shape index (κ3) is 5.07. The van der Waals surface area contributed by atoms with Gasteiger partial charge in [0.1, 0.15) is 16.2 Å². The van der Waals surface area contributed by atoms with Gasteiger partial charge in [-0.3, -0.25) is 4.79 Å². The van der Waals surface area contributed by atoms with Crippen LogP contribution in [-0.4, -0.2) is 47.9 Å². The average Bonchev–Trinajstić information content (AvgIpc) is 3.53. The number of fused-ring (bicyclic) bond motifs is 4. The molecule has 0 spiro atoms. The van der Waals surface area contributed by atoms with Crippen LogP contribution < -0.4 is 5.73 Å². The summed E-state index contributed by atoms with van der Waals surface area (Å²) in [4.78, 5) is 17.3. The Bertz CT molecular complexity index is 2130. The Kier molecular flexibility index (Phi) is 7.72. The van der Waals surface area contributed by atoms with Crippen molar-refractivity contribution >= 4 is 60.2 Å². The summed E-state index contributed by atoms with van der Waals surface area (Å²) >= 11 is 6.31. The molecular formula is C33H31ClN4O4S. The molecule has 0 fully saturated rings. The van der Waals surface area contributed by atoms with E-state index in [2.05, 4.69) is 35.8 Å². The maximum atomic E-state index is 14.0. The number of amides is 1. The highest BCUT2D eigenvalue weighted by Gasteiger charge is 2.28. The Morgan fingerprint density at radius 1 is 0.930 bits per heavy atom. The summed E-state index contributed by atoms with van der Waals surface area (Å²) in [7, 11) is -2.41. The maximum Gasteiger partial charge on any atom is 0.250 e. The summed E-state index contributed by atoms with van der Waals surface area (Å²) < 4.78 is 37.5. The predicted molar refractivity (Wildman–Crippen MR) is 171 cm³/mol. The van der Waals surface area contributed by atoms with Gasteiger partial charge in [0, 0.05) is 52.6 Å². The van der Waals surface area contributed by atoms with Crippen LogP contribution in [0.4, 0.5) is 0 Å². The molecule has 0 unspecified atom stereocenters. The number of methoxy groups -OCH3 is 1. The highest BCUT2D eigenvalue weighted by Crippen LogP contribution is 2.36. The number of sulfone groups is 1. The topological polar surface area (TPSA) is 109 Å². The summed E-state index contributed by atoms with van der Waals surface area (Å²) in [6.07, 6.45) is 0.173. The zero-order valence-electron chi connectivity index (χ0n) is 23.9. The standard InChI is InChI=1S/C33H31ClN4O4S/c1-3-37-27-11-7-5-9-23(27)25-20-22(12-14-28(25)37)33-36-30-29(38(33)17-18-42-2)15-13-24(32(35)39)31(30)43(40,41)19-16-21-8-4-6-10-26(21)34/h4-15,20H,3,16-19H2,1-2H3,(H2,35,39). The third-order valence-electron chi connectivity index (χ3n) is 7.91. The normalized spacial score (nSPS) is 12.1. The highest BCUT2D eigenvalue weighted by molar-refractivity contribution is 7.91. The van der Waals surface area contributed by atoms with Gasteiger partial charge in [0.15, 0.2) is 9.84 Å². The van der Waals surface area contributed by atoms with Gasteiger partial charge in [-0.1, -0.05) is 48.0 Å². The number of nitrogens with zero attached hydrogens (tertiary/aromatic N) is 3. The smallest absolute Gasteiger partial charge is 0.250 e. The van der Waals surface area contributed by atoms with E-state index in [1.54, 1.807) is 31.4 Å². The number of hydrogen-bond acceptors (Lipinski definition) is 5. The second kappa shape index (κ2) is 11.5. The Labute approximate surface area is 254 Å². The van der Waals surface area contributed by atoms with E-state index in [9.17, 15) is 13.2 Å². The third-order valence-corrected chi connectivity index (χ3v) is 10.1. The fourth-order valence-electron chi connectivity index (χ4n) is 5.89. The zero-order chi connectivity index (χ0) is 30.3. The van der Waals surface area contributed by atoms with Gasteiger partial charge in [-0.2, -0.15) is 0 Å². The molecule has 0 bridgehead atoms. The van der Waals surface area contributed by atoms with Gasteiger partial charge in [-0.05, 0) is 61.4 Å². The number of ether oxygens (including phenoxy) is 1. The molecule has 1 amide bonds. The van der Waals surface area contributed by atoms with E-state index in [1.807, 2.05) is 28.8 Å². The predicted octanol–water partition coefficient (Wildman–Crippen LogP) is 6.25. The van der Waals surface area contributed by atoms with Crippen LogP contribution in [0, 0.1) is 0 Å². The number of halogens is 1. The number of primary amides is 1. The number of aromatic nitrogens is 3. The summed E-state index contributed by atoms with van der Waals surface area (Å²) in [5.74, 6) is -0.523. The molecule has 6 rings (SSSR count). The summed E-state index contributed by atoms with van der Waals surface area (Å²) in [5, 5.41) is 2.68. The molecule has 10 heteroatoms. The molecule has 8 nitrogen and oxygen atoms in total. The van der Waals surface area contributed by atoms with Crippen LogP contribution in [0.15, 0.2) is 83.8 Å². The van der Waals surface area contributed by atoms with Crippen molar-refractivity contribution in [3.8, 4) is 11.4 Å². The van der Waals surface area contributed by atoms with E-state index in [1.165, 1.54) is 6.07 Å². The SMILES string of the molecule is CCn1c2ccccc2c2cc(-c3nc4c(S(=O)(=O)CCc5ccccc5Cl)c(C(N)=O)ccc4n3CCOC)ccc21. The highest BCUT2D eigenvalue weighted by atomic mass is 35.5. The van der Waals surface area contributed by atoms with Crippen LogP contribution in [-0.2, 0) is 34.1 Å². The van der Waals surface area contributed by atoms with Crippen molar-refractivity contribution in [1.82, 2.24) is 14.1 Å². The molecule has 0 radical (unpaired) electrons. The van der Waals surface area contributed by atoms with Gasteiger partial charge < -0.3 is 19.6 Å². The van der Waals surface area contributed by atoms with E-state index in [0.717, 1.165) is 33.9 Å². The number of imidazole rings is 1. The molecule has 2 aromatic heterocycles. The van der Waals surface area contributed by atoms with E-state index in [4.69, 9.17) is 27.1 Å². The molecule has 4 aromatic carbocycles. The fraction of sp³-hybridized carbons (Fsp3) is 0.212.